The lowest BCUT2D eigenvalue weighted by Gasteiger charge is -2.27. The van der Waals surface area contributed by atoms with Crippen LogP contribution in [0.15, 0.2) is 24.5 Å². The van der Waals surface area contributed by atoms with E-state index in [4.69, 9.17) is 0 Å². The van der Waals surface area contributed by atoms with Crippen molar-refractivity contribution in [2.45, 2.75) is 32.6 Å². The minimum Gasteiger partial charge on any atom is -0.292 e. The summed E-state index contributed by atoms with van der Waals surface area (Å²) in [4.78, 5) is 20.1. The van der Waals surface area contributed by atoms with Crippen molar-refractivity contribution in [2.24, 2.45) is 5.92 Å². The van der Waals surface area contributed by atoms with Crippen molar-refractivity contribution in [3.63, 3.8) is 0 Å². The SMILES string of the molecule is C=C(CC(=O)c1nccnc1C)C1CCC1. The largest absolute Gasteiger partial charge is 0.292 e. The van der Waals surface area contributed by atoms with Crippen LogP contribution in [0.4, 0.5) is 0 Å². The quantitative estimate of drug-likeness (QED) is 0.574. The van der Waals surface area contributed by atoms with Crippen molar-refractivity contribution in [3.05, 3.63) is 35.9 Å². The number of nitrogens with zero attached hydrogens (tertiary/aromatic N) is 2. The van der Waals surface area contributed by atoms with Gasteiger partial charge in [0.05, 0.1) is 5.69 Å². The van der Waals surface area contributed by atoms with Crippen molar-refractivity contribution in [2.75, 3.05) is 0 Å². The van der Waals surface area contributed by atoms with Crippen LogP contribution in [0.25, 0.3) is 0 Å². The zero-order valence-corrected chi connectivity index (χ0v) is 9.57. The molecule has 0 aliphatic heterocycles. The molecular weight excluding hydrogens is 200 g/mol. The van der Waals surface area contributed by atoms with E-state index in [1.54, 1.807) is 12.4 Å². The molecule has 0 N–H and O–H groups in total. The first-order valence-electron chi connectivity index (χ1n) is 5.67. The normalized spacial score (nSPS) is 15.6. The maximum absolute atomic E-state index is 12.0. The number of carbonyl (C=O) groups is 1. The van der Waals surface area contributed by atoms with Crippen LogP contribution in [0, 0.1) is 12.8 Å². The Hall–Kier alpha value is -1.51. The number of aromatic nitrogens is 2. The van der Waals surface area contributed by atoms with Crippen molar-refractivity contribution in [3.8, 4) is 0 Å². The van der Waals surface area contributed by atoms with Gasteiger partial charge in [0, 0.05) is 18.8 Å². The first kappa shape index (κ1) is 11.0. The molecule has 16 heavy (non-hydrogen) atoms. The highest BCUT2D eigenvalue weighted by atomic mass is 16.1. The second kappa shape index (κ2) is 4.56. The third-order valence-corrected chi connectivity index (χ3v) is 3.22. The van der Waals surface area contributed by atoms with Gasteiger partial charge in [0.1, 0.15) is 5.69 Å². The van der Waals surface area contributed by atoms with E-state index >= 15 is 0 Å². The fourth-order valence-corrected chi connectivity index (χ4v) is 1.93. The lowest BCUT2D eigenvalue weighted by atomic mass is 9.78. The molecule has 84 valence electrons. The Labute approximate surface area is 95.6 Å². The molecule has 1 aromatic rings. The molecule has 0 bridgehead atoms. The Balaban J connectivity index is 2.02. The number of hydrogen-bond acceptors (Lipinski definition) is 3. The molecule has 1 aromatic heterocycles. The lowest BCUT2D eigenvalue weighted by molar-refractivity contribution is 0.0981. The average molecular weight is 216 g/mol. The Bertz CT molecular complexity index is 422. The third kappa shape index (κ3) is 2.18. The van der Waals surface area contributed by atoms with Crippen LogP contribution in [-0.2, 0) is 0 Å². The predicted octanol–water partition coefficient (Wildman–Crippen LogP) is 2.71. The monoisotopic (exact) mass is 216 g/mol. The van der Waals surface area contributed by atoms with Gasteiger partial charge in [-0.05, 0) is 25.7 Å². The number of hydrogen-bond donors (Lipinski definition) is 0. The zero-order chi connectivity index (χ0) is 11.5. The Morgan fingerprint density at radius 1 is 1.44 bits per heavy atom. The second-order valence-corrected chi connectivity index (χ2v) is 4.38. The molecule has 3 nitrogen and oxygen atoms in total. The first-order valence-corrected chi connectivity index (χ1v) is 5.67. The molecule has 0 atom stereocenters. The van der Waals surface area contributed by atoms with E-state index in [1.807, 2.05) is 6.92 Å². The summed E-state index contributed by atoms with van der Waals surface area (Å²) in [5.74, 6) is 0.600. The molecule has 0 saturated heterocycles. The van der Waals surface area contributed by atoms with Crippen LogP contribution in [0.1, 0.15) is 41.9 Å². The number of ketones is 1. The molecule has 2 rings (SSSR count). The molecule has 0 amide bonds. The number of rotatable bonds is 4. The van der Waals surface area contributed by atoms with Crippen LogP contribution < -0.4 is 0 Å². The molecule has 1 saturated carbocycles. The molecule has 0 unspecified atom stereocenters. The van der Waals surface area contributed by atoms with E-state index in [9.17, 15) is 4.79 Å². The number of Topliss-reactive ketones (excluding diaryl/α,β-unsaturated/α-hetero) is 1. The number of allylic oxidation sites excluding steroid dienone is 1. The predicted molar refractivity (Wildman–Crippen MR) is 62.2 cm³/mol. The van der Waals surface area contributed by atoms with E-state index in [0.717, 1.165) is 5.57 Å². The van der Waals surface area contributed by atoms with Gasteiger partial charge >= 0.3 is 0 Å². The summed E-state index contributed by atoms with van der Waals surface area (Å²) in [5.41, 5.74) is 2.25. The van der Waals surface area contributed by atoms with Gasteiger partial charge < -0.3 is 0 Å². The number of aryl methyl sites for hydroxylation is 1. The highest BCUT2D eigenvalue weighted by Crippen LogP contribution is 2.34. The summed E-state index contributed by atoms with van der Waals surface area (Å²) in [5, 5.41) is 0. The third-order valence-electron chi connectivity index (χ3n) is 3.22. The molecule has 1 fully saturated rings. The van der Waals surface area contributed by atoms with Crippen LogP contribution in [0.2, 0.25) is 0 Å². The topological polar surface area (TPSA) is 42.9 Å². The summed E-state index contributed by atoms with van der Waals surface area (Å²) in [7, 11) is 0. The van der Waals surface area contributed by atoms with E-state index in [-0.39, 0.29) is 5.78 Å². The Morgan fingerprint density at radius 3 is 2.69 bits per heavy atom. The fraction of sp³-hybridized carbons (Fsp3) is 0.462. The highest BCUT2D eigenvalue weighted by molar-refractivity contribution is 5.96. The maximum Gasteiger partial charge on any atom is 0.187 e. The van der Waals surface area contributed by atoms with Gasteiger partial charge in [-0.2, -0.15) is 0 Å². The van der Waals surface area contributed by atoms with Gasteiger partial charge in [0.25, 0.3) is 0 Å². The van der Waals surface area contributed by atoms with Gasteiger partial charge in [-0.1, -0.05) is 18.6 Å². The van der Waals surface area contributed by atoms with Gasteiger partial charge in [0.2, 0.25) is 0 Å². The molecule has 1 aliphatic rings. The van der Waals surface area contributed by atoms with Crippen LogP contribution in [0.3, 0.4) is 0 Å². The number of carbonyl (C=O) groups excluding carboxylic acids is 1. The zero-order valence-electron chi connectivity index (χ0n) is 9.57. The smallest absolute Gasteiger partial charge is 0.187 e. The summed E-state index contributed by atoms with van der Waals surface area (Å²) in [6.07, 6.45) is 7.22. The maximum atomic E-state index is 12.0. The summed E-state index contributed by atoms with van der Waals surface area (Å²) < 4.78 is 0. The molecule has 0 spiro atoms. The molecule has 1 aliphatic carbocycles. The van der Waals surface area contributed by atoms with Crippen LogP contribution >= 0.6 is 0 Å². The van der Waals surface area contributed by atoms with Gasteiger partial charge in [-0.25, -0.2) is 4.98 Å². The van der Waals surface area contributed by atoms with E-state index in [1.165, 1.54) is 19.3 Å². The second-order valence-electron chi connectivity index (χ2n) is 4.38. The molecule has 0 radical (unpaired) electrons. The standard InChI is InChI=1S/C13H16N2O/c1-9(11-4-3-5-11)8-12(16)13-10(2)14-6-7-15-13/h6-7,11H,1,3-5,8H2,2H3. The van der Waals surface area contributed by atoms with E-state index in [2.05, 4.69) is 16.5 Å². The Kier molecular flexibility index (Phi) is 3.13. The fourth-order valence-electron chi connectivity index (χ4n) is 1.93. The van der Waals surface area contributed by atoms with E-state index in [0.29, 0.717) is 23.7 Å². The van der Waals surface area contributed by atoms with E-state index < -0.39 is 0 Å². The lowest BCUT2D eigenvalue weighted by Crippen LogP contribution is -2.16. The van der Waals surface area contributed by atoms with Crippen LogP contribution in [-0.4, -0.2) is 15.8 Å². The minimum atomic E-state index is 0.0440. The van der Waals surface area contributed by atoms with Crippen molar-refractivity contribution >= 4 is 5.78 Å². The highest BCUT2D eigenvalue weighted by Gasteiger charge is 2.23. The van der Waals surface area contributed by atoms with Gasteiger partial charge in [-0.3, -0.25) is 9.78 Å². The van der Waals surface area contributed by atoms with Gasteiger partial charge in [-0.15, -0.1) is 0 Å². The van der Waals surface area contributed by atoms with Crippen molar-refractivity contribution < 1.29 is 4.79 Å². The summed E-state index contributed by atoms with van der Waals surface area (Å²) >= 11 is 0. The first-order chi connectivity index (χ1) is 7.68. The Morgan fingerprint density at radius 2 is 2.12 bits per heavy atom. The van der Waals surface area contributed by atoms with Crippen molar-refractivity contribution in [1.29, 1.82) is 0 Å². The molecule has 0 aromatic carbocycles. The average Bonchev–Trinajstić information content (AvgIpc) is 2.15. The minimum absolute atomic E-state index is 0.0440. The summed E-state index contributed by atoms with van der Waals surface area (Å²) in [6.45, 7) is 5.81. The molecule has 3 heteroatoms. The molecule has 1 heterocycles. The van der Waals surface area contributed by atoms with Gasteiger partial charge in [0.15, 0.2) is 5.78 Å². The van der Waals surface area contributed by atoms with Crippen LogP contribution in [0.5, 0.6) is 0 Å². The summed E-state index contributed by atoms with van der Waals surface area (Å²) in [6, 6.07) is 0. The molecular formula is C13H16N2O. The van der Waals surface area contributed by atoms with Crippen molar-refractivity contribution in [1.82, 2.24) is 9.97 Å².